The number of methoxy groups -OCH3 is 3. The van der Waals surface area contributed by atoms with Gasteiger partial charge in [-0.2, -0.15) is 0 Å². The minimum Gasteiger partial charge on any atom is -0.493 e. The number of hydrogen-bond acceptors (Lipinski definition) is 5. The van der Waals surface area contributed by atoms with E-state index in [0.717, 1.165) is 30.9 Å². The highest BCUT2D eigenvalue weighted by molar-refractivity contribution is 5.55. The second-order valence-electron chi connectivity index (χ2n) is 5.15. The summed E-state index contributed by atoms with van der Waals surface area (Å²) >= 11 is 0. The molecule has 5 heteroatoms. The van der Waals surface area contributed by atoms with Crippen LogP contribution in [0.1, 0.15) is 18.1 Å². The molecule has 5 nitrogen and oxygen atoms in total. The fourth-order valence-electron chi connectivity index (χ4n) is 2.55. The van der Waals surface area contributed by atoms with E-state index in [-0.39, 0.29) is 0 Å². The molecule has 1 aromatic heterocycles. The third-order valence-corrected chi connectivity index (χ3v) is 3.78. The SMILES string of the molecule is CCN(Cc1ccncc1)Cc1ccc(OC)c(OC)c1OC. The second kappa shape index (κ2) is 8.39. The molecule has 2 aromatic rings. The van der Waals surface area contributed by atoms with E-state index in [1.54, 1.807) is 21.3 Å². The largest absolute Gasteiger partial charge is 0.493 e. The van der Waals surface area contributed by atoms with Crippen molar-refractivity contribution in [1.29, 1.82) is 0 Å². The lowest BCUT2D eigenvalue weighted by Gasteiger charge is -2.23. The molecule has 0 aliphatic carbocycles. The molecule has 0 aliphatic rings. The van der Waals surface area contributed by atoms with Gasteiger partial charge >= 0.3 is 0 Å². The first-order valence-electron chi connectivity index (χ1n) is 7.62. The van der Waals surface area contributed by atoms with Crippen molar-refractivity contribution in [2.24, 2.45) is 0 Å². The van der Waals surface area contributed by atoms with Gasteiger partial charge in [0, 0.05) is 31.0 Å². The van der Waals surface area contributed by atoms with Crippen molar-refractivity contribution in [3.63, 3.8) is 0 Å². The normalized spacial score (nSPS) is 10.7. The summed E-state index contributed by atoms with van der Waals surface area (Å²) in [5, 5.41) is 0. The van der Waals surface area contributed by atoms with Crippen molar-refractivity contribution < 1.29 is 14.2 Å². The summed E-state index contributed by atoms with van der Waals surface area (Å²) in [6, 6.07) is 8.01. The molecule has 0 fully saturated rings. The monoisotopic (exact) mass is 316 g/mol. The van der Waals surface area contributed by atoms with Crippen LogP contribution in [0.15, 0.2) is 36.7 Å². The molecular formula is C18H24N2O3. The van der Waals surface area contributed by atoms with Crippen molar-refractivity contribution in [1.82, 2.24) is 9.88 Å². The first kappa shape index (κ1) is 17.1. The minimum absolute atomic E-state index is 0.632. The molecule has 0 saturated heterocycles. The van der Waals surface area contributed by atoms with E-state index < -0.39 is 0 Å². The van der Waals surface area contributed by atoms with Gasteiger partial charge in [-0.3, -0.25) is 9.88 Å². The lowest BCUT2D eigenvalue weighted by Crippen LogP contribution is -2.22. The number of rotatable bonds is 8. The van der Waals surface area contributed by atoms with Gasteiger partial charge in [0.2, 0.25) is 5.75 Å². The molecule has 0 saturated carbocycles. The van der Waals surface area contributed by atoms with E-state index in [2.05, 4.69) is 16.8 Å². The predicted octanol–water partition coefficient (Wildman–Crippen LogP) is 3.13. The maximum Gasteiger partial charge on any atom is 0.203 e. The Morgan fingerprint density at radius 3 is 2.13 bits per heavy atom. The molecule has 0 N–H and O–H groups in total. The Balaban J connectivity index is 2.23. The molecule has 1 heterocycles. The Labute approximate surface area is 137 Å². The zero-order valence-corrected chi connectivity index (χ0v) is 14.2. The van der Waals surface area contributed by atoms with Crippen molar-refractivity contribution in [2.45, 2.75) is 20.0 Å². The number of aromatic nitrogens is 1. The van der Waals surface area contributed by atoms with Gasteiger partial charge in [-0.15, -0.1) is 0 Å². The number of hydrogen-bond donors (Lipinski definition) is 0. The van der Waals surface area contributed by atoms with Gasteiger partial charge in [0.25, 0.3) is 0 Å². The van der Waals surface area contributed by atoms with Crippen LogP contribution in [-0.2, 0) is 13.1 Å². The highest BCUT2D eigenvalue weighted by Crippen LogP contribution is 2.40. The van der Waals surface area contributed by atoms with Crippen LogP contribution in [0.3, 0.4) is 0 Å². The van der Waals surface area contributed by atoms with Crippen LogP contribution in [0, 0.1) is 0 Å². The van der Waals surface area contributed by atoms with Gasteiger partial charge in [0.05, 0.1) is 21.3 Å². The molecule has 0 radical (unpaired) electrons. The zero-order chi connectivity index (χ0) is 16.7. The Kier molecular flexibility index (Phi) is 6.23. The molecule has 124 valence electrons. The zero-order valence-electron chi connectivity index (χ0n) is 14.2. The van der Waals surface area contributed by atoms with Crippen LogP contribution in [-0.4, -0.2) is 37.8 Å². The molecule has 0 bridgehead atoms. The summed E-state index contributed by atoms with van der Waals surface area (Å²) in [5.41, 5.74) is 2.31. The minimum atomic E-state index is 0.632. The number of pyridine rings is 1. The molecule has 0 spiro atoms. The maximum atomic E-state index is 5.56. The molecule has 0 atom stereocenters. The van der Waals surface area contributed by atoms with Gasteiger partial charge in [-0.25, -0.2) is 0 Å². The molecule has 1 aromatic carbocycles. The summed E-state index contributed by atoms with van der Waals surface area (Å²) in [7, 11) is 4.90. The Hall–Kier alpha value is -2.27. The van der Waals surface area contributed by atoms with E-state index in [9.17, 15) is 0 Å². The maximum absolute atomic E-state index is 5.56. The van der Waals surface area contributed by atoms with Crippen LogP contribution in [0.5, 0.6) is 17.2 Å². The second-order valence-corrected chi connectivity index (χ2v) is 5.15. The average molecular weight is 316 g/mol. The Bertz CT molecular complexity index is 617. The fourth-order valence-corrected chi connectivity index (χ4v) is 2.55. The standard InChI is InChI=1S/C18H24N2O3/c1-5-20(12-14-8-10-19-11-9-14)13-15-6-7-16(21-2)18(23-4)17(15)22-3/h6-11H,5,12-13H2,1-4H3. The van der Waals surface area contributed by atoms with Crippen LogP contribution in [0.2, 0.25) is 0 Å². The number of benzene rings is 1. The quantitative estimate of drug-likeness (QED) is 0.748. The lowest BCUT2D eigenvalue weighted by molar-refractivity contribution is 0.262. The van der Waals surface area contributed by atoms with Crippen molar-refractivity contribution >= 4 is 0 Å². The van der Waals surface area contributed by atoms with E-state index in [1.165, 1.54) is 5.56 Å². The third kappa shape index (κ3) is 4.13. The predicted molar refractivity (Wildman–Crippen MR) is 90.1 cm³/mol. The van der Waals surface area contributed by atoms with Crippen molar-refractivity contribution in [3.8, 4) is 17.2 Å². The third-order valence-electron chi connectivity index (χ3n) is 3.78. The number of nitrogens with zero attached hydrogens (tertiary/aromatic N) is 2. The summed E-state index contributed by atoms with van der Waals surface area (Å²) in [5.74, 6) is 2.03. The van der Waals surface area contributed by atoms with Crippen molar-refractivity contribution in [2.75, 3.05) is 27.9 Å². The smallest absolute Gasteiger partial charge is 0.203 e. The summed E-state index contributed by atoms with van der Waals surface area (Å²) in [6.45, 7) is 4.70. The molecule has 0 amide bonds. The van der Waals surface area contributed by atoms with Crippen LogP contribution < -0.4 is 14.2 Å². The van der Waals surface area contributed by atoms with Crippen LogP contribution in [0.25, 0.3) is 0 Å². The van der Waals surface area contributed by atoms with Gasteiger partial charge in [-0.1, -0.05) is 13.0 Å². The summed E-state index contributed by atoms with van der Waals surface area (Å²) < 4.78 is 16.4. The highest BCUT2D eigenvalue weighted by atomic mass is 16.5. The van der Waals surface area contributed by atoms with Gasteiger partial charge in [-0.05, 0) is 30.3 Å². The van der Waals surface area contributed by atoms with Crippen LogP contribution >= 0.6 is 0 Å². The topological polar surface area (TPSA) is 43.8 Å². The fraction of sp³-hybridized carbons (Fsp3) is 0.389. The average Bonchev–Trinajstić information content (AvgIpc) is 2.61. The molecule has 23 heavy (non-hydrogen) atoms. The van der Waals surface area contributed by atoms with E-state index >= 15 is 0 Å². The van der Waals surface area contributed by atoms with Crippen molar-refractivity contribution in [3.05, 3.63) is 47.8 Å². The number of ether oxygens (including phenoxy) is 3. The lowest BCUT2D eigenvalue weighted by atomic mass is 10.1. The van der Waals surface area contributed by atoms with E-state index in [4.69, 9.17) is 14.2 Å². The van der Waals surface area contributed by atoms with E-state index in [0.29, 0.717) is 11.5 Å². The molecule has 2 rings (SSSR count). The summed E-state index contributed by atoms with van der Waals surface area (Å²) in [4.78, 5) is 6.40. The van der Waals surface area contributed by atoms with Gasteiger partial charge in [0.1, 0.15) is 0 Å². The van der Waals surface area contributed by atoms with Crippen LogP contribution in [0.4, 0.5) is 0 Å². The van der Waals surface area contributed by atoms with Gasteiger partial charge < -0.3 is 14.2 Å². The Morgan fingerprint density at radius 2 is 1.57 bits per heavy atom. The molecule has 0 unspecified atom stereocenters. The molecular weight excluding hydrogens is 292 g/mol. The highest BCUT2D eigenvalue weighted by Gasteiger charge is 2.17. The van der Waals surface area contributed by atoms with E-state index in [1.807, 2.05) is 36.7 Å². The first-order valence-corrected chi connectivity index (χ1v) is 7.62. The molecule has 0 aliphatic heterocycles. The Morgan fingerprint density at radius 1 is 0.870 bits per heavy atom. The first-order chi connectivity index (χ1) is 11.2. The van der Waals surface area contributed by atoms with Gasteiger partial charge in [0.15, 0.2) is 11.5 Å². The summed E-state index contributed by atoms with van der Waals surface area (Å²) in [6.07, 6.45) is 3.64.